The van der Waals surface area contributed by atoms with Crippen molar-refractivity contribution in [3.05, 3.63) is 87.6 Å². The number of carbonyl (C=O) groups is 1. The highest BCUT2D eigenvalue weighted by molar-refractivity contribution is 5.95. The molecule has 156 valence electrons. The fourth-order valence-corrected chi connectivity index (χ4v) is 3.09. The molecule has 1 aromatic heterocycles. The molecule has 3 rings (SSSR count). The molecule has 1 N–H and O–H groups in total. The van der Waals surface area contributed by atoms with Crippen molar-refractivity contribution in [2.24, 2.45) is 0 Å². The predicted octanol–water partition coefficient (Wildman–Crippen LogP) is 5.15. The molecule has 1 heterocycles. The first-order valence-corrected chi connectivity index (χ1v) is 9.04. The normalized spacial score (nSPS) is 12.1. The highest BCUT2D eigenvalue weighted by Crippen LogP contribution is 2.35. The molecule has 0 atom stereocenters. The number of Topliss-reactive ketones (excluding diaryl/α,β-unsaturated/α-hetero) is 1. The van der Waals surface area contributed by atoms with Gasteiger partial charge < -0.3 is 4.98 Å². The summed E-state index contributed by atoms with van der Waals surface area (Å²) in [6, 6.07) is 12.4. The molecule has 0 aliphatic heterocycles. The standard InChI is InChI=1S/C22H18F4N2O2/c1-21(2,14-8-9-15(16(23)10-14)22(24,25)26)12-18(29)17-11-19(30)28-20(27-17)13-6-4-3-5-7-13/h3-11H,12H2,1-2H3,(H,27,28,30). The smallest absolute Gasteiger partial charge is 0.306 e. The van der Waals surface area contributed by atoms with Crippen molar-refractivity contribution < 1.29 is 22.4 Å². The van der Waals surface area contributed by atoms with Gasteiger partial charge in [-0.25, -0.2) is 9.37 Å². The van der Waals surface area contributed by atoms with Gasteiger partial charge in [-0.05, 0) is 23.1 Å². The predicted molar refractivity (Wildman–Crippen MR) is 104 cm³/mol. The number of H-pyrrole nitrogens is 1. The number of benzene rings is 2. The van der Waals surface area contributed by atoms with Crippen molar-refractivity contribution in [2.45, 2.75) is 31.9 Å². The van der Waals surface area contributed by atoms with Crippen LogP contribution in [-0.4, -0.2) is 15.8 Å². The van der Waals surface area contributed by atoms with E-state index in [9.17, 15) is 27.2 Å². The largest absolute Gasteiger partial charge is 0.419 e. The van der Waals surface area contributed by atoms with Crippen molar-refractivity contribution in [1.82, 2.24) is 9.97 Å². The van der Waals surface area contributed by atoms with E-state index in [1.165, 1.54) is 0 Å². The van der Waals surface area contributed by atoms with Gasteiger partial charge in [-0.1, -0.05) is 50.2 Å². The van der Waals surface area contributed by atoms with Gasteiger partial charge in [0.2, 0.25) is 0 Å². The molecule has 0 spiro atoms. The zero-order chi connectivity index (χ0) is 22.1. The van der Waals surface area contributed by atoms with Crippen LogP contribution in [0.3, 0.4) is 0 Å². The van der Waals surface area contributed by atoms with Crippen LogP contribution < -0.4 is 5.56 Å². The fourth-order valence-electron chi connectivity index (χ4n) is 3.09. The average molecular weight is 418 g/mol. The monoisotopic (exact) mass is 418 g/mol. The van der Waals surface area contributed by atoms with Gasteiger partial charge in [-0.2, -0.15) is 13.2 Å². The van der Waals surface area contributed by atoms with Gasteiger partial charge in [-0.3, -0.25) is 9.59 Å². The molecule has 4 nitrogen and oxygen atoms in total. The number of halogens is 4. The van der Waals surface area contributed by atoms with Gasteiger partial charge >= 0.3 is 6.18 Å². The minimum atomic E-state index is -4.80. The molecule has 0 amide bonds. The summed E-state index contributed by atoms with van der Waals surface area (Å²) < 4.78 is 52.3. The second-order valence-electron chi connectivity index (χ2n) is 7.52. The van der Waals surface area contributed by atoms with Gasteiger partial charge in [0.05, 0.1) is 5.56 Å². The van der Waals surface area contributed by atoms with Crippen LogP contribution in [0, 0.1) is 5.82 Å². The van der Waals surface area contributed by atoms with Crippen molar-refractivity contribution in [3.63, 3.8) is 0 Å². The maximum atomic E-state index is 14.0. The highest BCUT2D eigenvalue weighted by atomic mass is 19.4. The van der Waals surface area contributed by atoms with E-state index in [-0.39, 0.29) is 23.5 Å². The Morgan fingerprint density at radius 3 is 2.30 bits per heavy atom. The highest BCUT2D eigenvalue weighted by Gasteiger charge is 2.35. The lowest BCUT2D eigenvalue weighted by Gasteiger charge is -2.25. The van der Waals surface area contributed by atoms with Crippen molar-refractivity contribution >= 4 is 5.78 Å². The molecule has 0 radical (unpaired) electrons. The van der Waals surface area contributed by atoms with Gasteiger partial charge in [0.1, 0.15) is 17.3 Å². The van der Waals surface area contributed by atoms with Gasteiger partial charge in [0, 0.05) is 18.1 Å². The molecule has 30 heavy (non-hydrogen) atoms. The Bertz CT molecular complexity index is 1140. The van der Waals surface area contributed by atoms with E-state index in [4.69, 9.17) is 0 Å². The lowest BCUT2D eigenvalue weighted by Crippen LogP contribution is -2.24. The Balaban J connectivity index is 1.89. The Labute approximate surface area is 169 Å². The Morgan fingerprint density at radius 1 is 1.03 bits per heavy atom. The number of hydrogen-bond acceptors (Lipinski definition) is 3. The van der Waals surface area contributed by atoms with Crippen LogP contribution in [0.1, 0.15) is 41.9 Å². The molecule has 0 unspecified atom stereocenters. The van der Waals surface area contributed by atoms with Crippen LogP contribution in [0.25, 0.3) is 11.4 Å². The third-order valence-electron chi connectivity index (χ3n) is 4.73. The van der Waals surface area contributed by atoms with Gasteiger partial charge in [-0.15, -0.1) is 0 Å². The molecule has 0 aliphatic rings. The number of hydrogen-bond donors (Lipinski definition) is 1. The Morgan fingerprint density at radius 2 is 1.70 bits per heavy atom. The molecule has 0 aliphatic carbocycles. The Kier molecular flexibility index (Phi) is 5.61. The third kappa shape index (κ3) is 4.64. The minimum Gasteiger partial charge on any atom is -0.306 e. The van der Waals surface area contributed by atoms with E-state index in [0.29, 0.717) is 11.6 Å². The summed E-state index contributed by atoms with van der Waals surface area (Å²) in [6.07, 6.45) is -4.98. The average Bonchev–Trinajstić information content (AvgIpc) is 2.66. The second kappa shape index (κ2) is 7.85. The lowest BCUT2D eigenvalue weighted by atomic mass is 9.79. The number of nitrogens with zero attached hydrogens (tertiary/aromatic N) is 1. The van der Waals surface area contributed by atoms with Gasteiger partial charge in [0.25, 0.3) is 5.56 Å². The molecular weight excluding hydrogens is 400 g/mol. The summed E-state index contributed by atoms with van der Waals surface area (Å²) in [6.45, 7) is 3.22. The molecule has 2 aromatic carbocycles. The zero-order valence-electron chi connectivity index (χ0n) is 16.2. The number of carbonyl (C=O) groups excluding carboxylic acids is 1. The van der Waals surface area contributed by atoms with Crippen LogP contribution in [0.5, 0.6) is 0 Å². The summed E-state index contributed by atoms with van der Waals surface area (Å²) in [7, 11) is 0. The first-order valence-electron chi connectivity index (χ1n) is 9.04. The number of alkyl halides is 3. The van der Waals surface area contributed by atoms with Crippen LogP contribution in [0.15, 0.2) is 59.4 Å². The van der Waals surface area contributed by atoms with E-state index in [1.54, 1.807) is 44.2 Å². The number of aromatic nitrogens is 2. The molecule has 0 fully saturated rings. The maximum absolute atomic E-state index is 14.0. The van der Waals surface area contributed by atoms with E-state index in [1.807, 2.05) is 0 Å². The first-order chi connectivity index (χ1) is 14.0. The van der Waals surface area contributed by atoms with E-state index >= 15 is 0 Å². The first kappa shape index (κ1) is 21.4. The third-order valence-corrected chi connectivity index (χ3v) is 4.73. The van der Waals surface area contributed by atoms with Gasteiger partial charge in [0.15, 0.2) is 5.78 Å². The van der Waals surface area contributed by atoms with Crippen molar-refractivity contribution in [3.8, 4) is 11.4 Å². The SMILES string of the molecule is CC(C)(CC(=O)c1cc(=O)[nH]c(-c2ccccc2)n1)c1ccc(C(F)(F)F)c(F)c1. The molecular formula is C22H18F4N2O2. The lowest BCUT2D eigenvalue weighted by molar-refractivity contribution is -0.140. The van der Waals surface area contributed by atoms with Crippen molar-refractivity contribution in [1.29, 1.82) is 0 Å². The Hall–Kier alpha value is -3.29. The van der Waals surface area contributed by atoms with Crippen LogP contribution in [0.4, 0.5) is 17.6 Å². The summed E-state index contributed by atoms with van der Waals surface area (Å²) in [5, 5.41) is 0. The van der Waals surface area contributed by atoms with Crippen molar-refractivity contribution in [2.75, 3.05) is 0 Å². The number of aromatic amines is 1. The molecule has 0 saturated heterocycles. The molecule has 8 heteroatoms. The summed E-state index contributed by atoms with van der Waals surface area (Å²) in [4.78, 5) is 31.6. The summed E-state index contributed by atoms with van der Waals surface area (Å²) in [5.74, 6) is -1.66. The van der Waals surface area contributed by atoms with E-state index < -0.39 is 34.3 Å². The maximum Gasteiger partial charge on any atom is 0.419 e. The molecule has 0 bridgehead atoms. The quantitative estimate of drug-likeness (QED) is 0.461. The number of ketones is 1. The summed E-state index contributed by atoms with van der Waals surface area (Å²) in [5.41, 5.74) is -2.08. The molecule has 3 aromatic rings. The van der Waals surface area contributed by atoms with E-state index in [0.717, 1.165) is 18.2 Å². The van der Waals surface area contributed by atoms with Crippen LogP contribution in [0.2, 0.25) is 0 Å². The van der Waals surface area contributed by atoms with E-state index in [2.05, 4.69) is 9.97 Å². The topological polar surface area (TPSA) is 62.8 Å². The number of rotatable bonds is 5. The minimum absolute atomic E-state index is 0.0712. The zero-order valence-corrected chi connectivity index (χ0v) is 16.2. The second-order valence-corrected chi connectivity index (χ2v) is 7.52. The van der Waals surface area contributed by atoms with Crippen LogP contribution in [-0.2, 0) is 11.6 Å². The number of nitrogens with one attached hydrogen (secondary N) is 1. The molecule has 0 saturated carbocycles. The fraction of sp³-hybridized carbons (Fsp3) is 0.227. The van der Waals surface area contributed by atoms with Crippen LogP contribution >= 0.6 is 0 Å². The summed E-state index contributed by atoms with van der Waals surface area (Å²) >= 11 is 0.